The normalized spacial score (nSPS) is 11.2. The molecule has 2 aromatic carbocycles. The van der Waals surface area contributed by atoms with E-state index in [1.165, 1.54) is 0 Å². The van der Waals surface area contributed by atoms with Crippen LogP contribution in [0.3, 0.4) is 0 Å². The van der Waals surface area contributed by atoms with Crippen molar-refractivity contribution in [3.05, 3.63) is 78.3 Å². The number of hydrogen-bond donors (Lipinski definition) is 2. The summed E-state index contributed by atoms with van der Waals surface area (Å²) in [5.74, 6) is 1.34. The predicted molar refractivity (Wildman–Crippen MR) is 131 cm³/mol. The van der Waals surface area contributed by atoms with E-state index in [4.69, 9.17) is 24.9 Å². The number of amides is 1. The van der Waals surface area contributed by atoms with Crippen molar-refractivity contribution in [1.29, 1.82) is 0 Å². The number of nitrogens with one attached hydrogen (secondary N) is 1. The number of hydrogen-bond acceptors (Lipinski definition) is 6. The van der Waals surface area contributed by atoms with Crippen LogP contribution in [0.1, 0.15) is 35.9 Å². The third kappa shape index (κ3) is 4.05. The Labute approximate surface area is 196 Å². The highest BCUT2D eigenvalue weighted by atomic mass is 16.5. The first kappa shape index (κ1) is 21.5. The lowest BCUT2D eigenvalue weighted by molar-refractivity contribution is 0.0950. The van der Waals surface area contributed by atoms with E-state index >= 15 is 0 Å². The van der Waals surface area contributed by atoms with Crippen molar-refractivity contribution in [3.8, 4) is 11.4 Å². The van der Waals surface area contributed by atoms with Crippen LogP contribution >= 0.6 is 0 Å². The zero-order valence-electron chi connectivity index (χ0n) is 18.8. The minimum Gasteiger partial charge on any atom is -0.494 e. The second-order valence-electron chi connectivity index (χ2n) is 7.94. The predicted octanol–water partition coefficient (Wildman–Crippen LogP) is 4.86. The van der Waals surface area contributed by atoms with Crippen molar-refractivity contribution < 1.29 is 13.9 Å². The van der Waals surface area contributed by atoms with Gasteiger partial charge in [-0.25, -0.2) is 9.97 Å². The Morgan fingerprint density at radius 3 is 2.53 bits per heavy atom. The SMILES string of the molecule is CCCCOc1ccc(-n2c(N)c(C(=O)NCc3ccco3)c3nc4ccccc4nc32)cc1. The topological polar surface area (TPSA) is 108 Å². The van der Waals surface area contributed by atoms with Crippen molar-refractivity contribution in [1.82, 2.24) is 19.9 Å². The Kier molecular flexibility index (Phi) is 5.86. The number of rotatable bonds is 8. The molecule has 5 aromatic rings. The monoisotopic (exact) mass is 455 g/mol. The minimum atomic E-state index is -0.346. The maximum atomic E-state index is 13.2. The van der Waals surface area contributed by atoms with Crippen LogP contribution in [0.4, 0.5) is 5.82 Å². The molecule has 0 atom stereocenters. The molecule has 0 aliphatic heterocycles. The van der Waals surface area contributed by atoms with Crippen molar-refractivity contribution in [2.75, 3.05) is 12.3 Å². The number of benzene rings is 2. The third-order valence-corrected chi connectivity index (χ3v) is 5.59. The van der Waals surface area contributed by atoms with E-state index in [2.05, 4.69) is 12.2 Å². The lowest BCUT2D eigenvalue weighted by Crippen LogP contribution is -2.23. The summed E-state index contributed by atoms with van der Waals surface area (Å²) in [7, 11) is 0. The van der Waals surface area contributed by atoms with Gasteiger partial charge in [-0.15, -0.1) is 0 Å². The van der Waals surface area contributed by atoms with E-state index in [1.807, 2.05) is 48.5 Å². The van der Waals surface area contributed by atoms with Crippen LogP contribution in [0.2, 0.25) is 0 Å². The largest absolute Gasteiger partial charge is 0.494 e. The van der Waals surface area contributed by atoms with Gasteiger partial charge in [0.1, 0.15) is 28.4 Å². The highest BCUT2D eigenvalue weighted by Crippen LogP contribution is 2.31. The average molecular weight is 456 g/mol. The lowest BCUT2D eigenvalue weighted by Gasteiger charge is -2.10. The van der Waals surface area contributed by atoms with E-state index < -0.39 is 0 Å². The molecular weight excluding hydrogens is 430 g/mol. The number of anilines is 1. The van der Waals surface area contributed by atoms with Gasteiger partial charge in [-0.2, -0.15) is 0 Å². The first-order valence-electron chi connectivity index (χ1n) is 11.3. The van der Waals surface area contributed by atoms with E-state index in [0.717, 1.165) is 29.8 Å². The number of nitrogens with zero attached hydrogens (tertiary/aromatic N) is 3. The summed E-state index contributed by atoms with van der Waals surface area (Å²) in [5.41, 5.74) is 9.97. The molecule has 34 heavy (non-hydrogen) atoms. The number of carbonyl (C=O) groups is 1. The van der Waals surface area contributed by atoms with Crippen molar-refractivity contribution in [3.63, 3.8) is 0 Å². The molecule has 172 valence electrons. The number of unbranched alkanes of at least 4 members (excludes halogenated alkanes) is 1. The van der Waals surface area contributed by atoms with E-state index in [1.54, 1.807) is 23.0 Å². The molecule has 1 amide bonds. The Morgan fingerprint density at radius 1 is 1.06 bits per heavy atom. The molecule has 0 saturated carbocycles. The second-order valence-corrected chi connectivity index (χ2v) is 7.94. The Morgan fingerprint density at radius 2 is 1.82 bits per heavy atom. The van der Waals surface area contributed by atoms with Gasteiger partial charge >= 0.3 is 0 Å². The molecular formula is C26H25N5O3. The van der Waals surface area contributed by atoms with Gasteiger partial charge in [0.15, 0.2) is 5.65 Å². The molecule has 0 radical (unpaired) electrons. The smallest absolute Gasteiger partial charge is 0.257 e. The summed E-state index contributed by atoms with van der Waals surface area (Å²) in [5, 5.41) is 2.87. The first-order valence-corrected chi connectivity index (χ1v) is 11.3. The third-order valence-electron chi connectivity index (χ3n) is 5.59. The van der Waals surface area contributed by atoms with E-state index in [9.17, 15) is 4.79 Å². The molecule has 3 heterocycles. The van der Waals surface area contributed by atoms with Gasteiger partial charge in [0.25, 0.3) is 5.91 Å². The molecule has 0 fully saturated rings. The molecule has 8 nitrogen and oxygen atoms in total. The van der Waals surface area contributed by atoms with E-state index in [0.29, 0.717) is 29.0 Å². The fourth-order valence-electron chi connectivity index (χ4n) is 3.84. The summed E-state index contributed by atoms with van der Waals surface area (Å²) in [6.45, 7) is 3.03. The average Bonchev–Trinajstić information content (AvgIpc) is 3.47. The van der Waals surface area contributed by atoms with Crippen molar-refractivity contribution >= 4 is 33.9 Å². The number of nitrogens with two attached hydrogens (primary N) is 1. The summed E-state index contributed by atoms with van der Waals surface area (Å²) >= 11 is 0. The summed E-state index contributed by atoms with van der Waals surface area (Å²) in [4.78, 5) is 22.8. The zero-order chi connectivity index (χ0) is 23.5. The number of para-hydroxylation sites is 2. The van der Waals surface area contributed by atoms with Crippen LogP contribution in [-0.2, 0) is 6.54 Å². The highest BCUT2D eigenvalue weighted by Gasteiger charge is 2.25. The minimum absolute atomic E-state index is 0.239. The fraction of sp³-hybridized carbons (Fsp3) is 0.192. The van der Waals surface area contributed by atoms with Gasteiger partial charge in [0, 0.05) is 5.69 Å². The van der Waals surface area contributed by atoms with Gasteiger partial charge in [0.2, 0.25) is 0 Å². The molecule has 0 aliphatic carbocycles. The summed E-state index contributed by atoms with van der Waals surface area (Å²) in [6.07, 6.45) is 3.63. The molecule has 0 unspecified atom stereocenters. The number of aromatic nitrogens is 3. The van der Waals surface area contributed by atoms with Gasteiger partial charge in [0.05, 0.1) is 30.4 Å². The van der Waals surface area contributed by atoms with E-state index in [-0.39, 0.29) is 23.8 Å². The summed E-state index contributed by atoms with van der Waals surface area (Å²) in [6, 6.07) is 18.7. The number of carbonyl (C=O) groups excluding carboxylic acids is 1. The van der Waals surface area contributed by atoms with Gasteiger partial charge in [-0.3, -0.25) is 9.36 Å². The van der Waals surface area contributed by atoms with Crippen molar-refractivity contribution in [2.45, 2.75) is 26.3 Å². The summed E-state index contributed by atoms with van der Waals surface area (Å²) < 4.78 is 12.9. The Bertz CT molecular complexity index is 1440. The quantitative estimate of drug-likeness (QED) is 0.324. The Balaban J connectivity index is 1.58. The number of furan rings is 1. The molecule has 8 heteroatoms. The van der Waals surface area contributed by atoms with Crippen LogP contribution < -0.4 is 15.8 Å². The lowest BCUT2D eigenvalue weighted by atomic mass is 10.2. The number of ether oxygens (including phenoxy) is 1. The number of fused-ring (bicyclic) bond motifs is 2. The van der Waals surface area contributed by atoms with Crippen molar-refractivity contribution in [2.24, 2.45) is 0 Å². The van der Waals surface area contributed by atoms with Crippen LogP contribution in [-0.4, -0.2) is 27.0 Å². The Hall–Kier alpha value is -4.33. The van der Waals surface area contributed by atoms with Crippen LogP contribution in [0.15, 0.2) is 71.3 Å². The molecule has 5 rings (SSSR count). The standard InChI is InChI=1S/C26H25N5O3/c1-2-3-14-33-18-12-10-17(11-13-18)31-24(27)22(26(32)28-16-19-7-6-15-34-19)23-25(31)30-21-9-5-4-8-20(21)29-23/h4-13,15H,2-3,14,16,27H2,1H3,(H,28,32). The maximum absolute atomic E-state index is 13.2. The van der Waals surface area contributed by atoms with Crippen LogP contribution in [0.25, 0.3) is 27.9 Å². The van der Waals surface area contributed by atoms with Gasteiger partial charge in [-0.1, -0.05) is 25.5 Å². The van der Waals surface area contributed by atoms with Crippen LogP contribution in [0, 0.1) is 0 Å². The molecule has 0 saturated heterocycles. The molecule has 0 spiro atoms. The molecule has 3 N–H and O–H groups in total. The van der Waals surface area contributed by atoms with Gasteiger partial charge < -0.3 is 20.2 Å². The number of nitrogen functional groups attached to an aromatic ring is 1. The zero-order valence-corrected chi connectivity index (χ0v) is 18.8. The molecule has 0 bridgehead atoms. The second kappa shape index (κ2) is 9.27. The molecule has 3 aromatic heterocycles. The fourth-order valence-corrected chi connectivity index (χ4v) is 3.84. The van der Waals surface area contributed by atoms with Crippen LogP contribution in [0.5, 0.6) is 5.75 Å². The van der Waals surface area contributed by atoms with Gasteiger partial charge in [-0.05, 0) is 55.0 Å². The highest BCUT2D eigenvalue weighted by molar-refractivity contribution is 6.11. The molecule has 0 aliphatic rings. The first-order chi connectivity index (χ1) is 16.7. The maximum Gasteiger partial charge on any atom is 0.257 e.